The summed E-state index contributed by atoms with van der Waals surface area (Å²) in [5.41, 5.74) is 3.50. The van der Waals surface area contributed by atoms with Crippen molar-refractivity contribution in [1.82, 2.24) is 10.7 Å². The van der Waals surface area contributed by atoms with Crippen LogP contribution in [0.4, 0.5) is 0 Å². The van der Waals surface area contributed by atoms with Crippen LogP contribution in [-0.2, 0) is 4.79 Å². The first kappa shape index (κ1) is 30.0. The van der Waals surface area contributed by atoms with Gasteiger partial charge in [0.15, 0.2) is 23.0 Å². The van der Waals surface area contributed by atoms with Crippen LogP contribution in [0.25, 0.3) is 0 Å². The summed E-state index contributed by atoms with van der Waals surface area (Å²) in [6.07, 6.45) is 1.39. The summed E-state index contributed by atoms with van der Waals surface area (Å²) in [6, 6.07) is 14.6. The van der Waals surface area contributed by atoms with Crippen LogP contribution >= 0.6 is 15.9 Å². The van der Waals surface area contributed by atoms with E-state index >= 15 is 0 Å². The van der Waals surface area contributed by atoms with Gasteiger partial charge in [-0.1, -0.05) is 12.1 Å². The molecule has 0 saturated carbocycles. The molecule has 0 saturated heterocycles. The number of amides is 2. The highest BCUT2D eigenvalue weighted by atomic mass is 79.9. The topological polar surface area (TPSA) is 134 Å². The molecule has 0 atom stereocenters. The highest BCUT2D eigenvalue weighted by molar-refractivity contribution is 9.10. The lowest BCUT2D eigenvalue weighted by Crippen LogP contribution is -2.35. The van der Waals surface area contributed by atoms with Crippen LogP contribution in [0.1, 0.15) is 33.2 Å². The third-order valence-electron chi connectivity index (χ3n) is 5.30. The summed E-state index contributed by atoms with van der Waals surface area (Å²) in [4.78, 5) is 37.3. The molecule has 3 aromatic rings. The SMILES string of the molecule is CCOc1cc(C=NNC(=O)CNC(=O)c2ccccc2Br)ccc1OC(=O)c1cc(OC)c(OC)c(OC)c1. The van der Waals surface area contributed by atoms with Gasteiger partial charge >= 0.3 is 5.97 Å². The first-order valence-electron chi connectivity index (χ1n) is 11.9. The van der Waals surface area contributed by atoms with Crippen LogP contribution < -0.4 is 34.4 Å². The lowest BCUT2D eigenvalue weighted by atomic mass is 10.1. The number of esters is 1. The summed E-state index contributed by atoms with van der Waals surface area (Å²) in [6.45, 7) is 1.83. The van der Waals surface area contributed by atoms with Gasteiger partial charge in [-0.15, -0.1) is 0 Å². The Balaban J connectivity index is 1.65. The fraction of sp³-hybridized carbons (Fsp3) is 0.214. The Morgan fingerprint density at radius 1 is 0.900 bits per heavy atom. The number of nitrogens with zero attached hydrogens (tertiary/aromatic N) is 1. The molecule has 0 unspecified atom stereocenters. The number of methoxy groups -OCH3 is 3. The molecule has 3 rings (SSSR count). The van der Waals surface area contributed by atoms with Gasteiger partial charge in [-0.3, -0.25) is 9.59 Å². The Morgan fingerprint density at radius 2 is 1.60 bits per heavy atom. The zero-order valence-electron chi connectivity index (χ0n) is 22.3. The van der Waals surface area contributed by atoms with Gasteiger partial charge in [-0.25, -0.2) is 10.2 Å². The van der Waals surface area contributed by atoms with Gasteiger partial charge in [0.1, 0.15) is 0 Å². The lowest BCUT2D eigenvalue weighted by molar-refractivity contribution is -0.120. The van der Waals surface area contributed by atoms with Gasteiger partial charge in [0.05, 0.1) is 51.8 Å². The molecule has 0 bridgehead atoms. The van der Waals surface area contributed by atoms with Crippen molar-refractivity contribution >= 4 is 39.9 Å². The van der Waals surface area contributed by atoms with E-state index in [2.05, 4.69) is 31.8 Å². The average molecular weight is 614 g/mol. The number of benzene rings is 3. The second-order valence-corrected chi connectivity index (χ2v) is 8.75. The fourth-order valence-corrected chi connectivity index (χ4v) is 3.90. The molecular weight excluding hydrogens is 586 g/mol. The third-order valence-corrected chi connectivity index (χ3v) is 5.99. The molecule has 2 amide bonds. The monoisotopic (exact) mass is 613 g/mol. The van der Waals surface area contributed by atoms with E-state index in [4.69, 9.17) is 23.7 Å². The van der Waals surface area contributed by atoms with Crippen LogP contribution in [0.5, 0.6) is 28.7 Å². The molecule has 0 aliphatic carbocycles. The van der Waals surface area contributed by atoms with Crippen molar-refractivity contribution in [2.75, 3.05) is 34.5 Å². The van der Waals surface area contributed by atoms with Crippen LogP contribution in [0.2, 0.25) is 0 Å². The number of ether oxygens (including phenoxy) is 5. The summed E-state index contributed by atoms with van der Waals surface area (Å²) in [5, 5.41) is 6.44. The van der Waals surface area contributed by atoms with E-state index in [-0.39, 0.29) is 17.9 Å². The normalized spacial score (nSPS) is 10.5. The molecule has 0 aliphatic rings. The van der Waals surface area contributed by atoms with Crippen molar-refractivity contribution in [1.29, 1.82) is 0 Å². The second kappa shape index (κ2) is 14.5. The first-order valence-corrected chi connectivity index (χ1v) is 12.7. The van der Waals surface area contributed by atoms with Crippen molar-refractivity contribution in [2.24, 2.45) is 5.10 Å². The molecule has 0 fully saturated rings. The molecule has 0 radical (unpaired) electrons. The van der Waals surface area contributed by atoms with E-state index in [9.17, 15) is 14.4 Å². The molecule has 0 spiro atoms. The number of hydrazone groups is 1. The molecule has 12 heteroatoms. The minimum Gasteiger partial charge on any atom is -0.493 e. The van der Waals surface area contributed by atoms with E-state index in [1.54, 1.807) is 49.4 Å². The van der Waals surface area contributed by atoms with Crippen molar-refractivity contribution < 1.29 is 38.1 Å². The van der Waals surface area contributed by atoms with Gasteiger partial charge in [0.25, 0.3) is 11.8 Å². The highest BCUT2D eigenvalue weighted by Gasteiger charge is 2.20. The zero-order chi connectivity index (χ0) is 29.1. The highest BCUT2D eigenvalue weighted by Crippen LogP contribution is 2.39. The lowest BCUT2D eigenvalue weighted by Gasteiger charge is -2.15. The summed E-state index contributed by atoms with van der Waals surface area (Å²) in [7, 11) is 4.36. The molecule has 0 aromatic heterocycles. The van der Waals surface area contributed by atoms with E-state index in [1.165, 1.54) is 39.7 Å². The number of halogens is 1. The Kier molecular flexibility index (Phi) is 10.9. The molecule has 0 aliphatic heterocycles. The van der Waals surface area contributed by atoms with Gasteiger partial charge in [0.2, 0.25) is 5.75 Å². The minimum atomic E-state index is -0.668. The Bertz CT molecular complexity index is 1390. The van der Waals surface area contributed by atoms with Crippen LogP contribution in [-0.4, -0.2) is 58.5 Å². The maximum Gasteiger partial charge on any atom is 0.343 e. The number of rotatable bonds is 12. The number of hydrogen-bond donors (Lipinski definition) is 2. The second-order valence-electron chi connectivity index (χ2n) is 7.90. The Morgan fingerprint density at radius 3 is 2.23 bits per heavy atom. The predicted molar refractivity (Wildman–Crippen MR) is 151 cm³/mol. The van der Waals surface area contributed by atoms with Gasteiger partial charge in [0, 0.05) is 4.47 Å². The summed E-state index contributed by atoms with van der Waals surface area (Å²) < 4.78 is 27.7. The van der Waals surface area contributed by atoms with Crippen LogP contribution in [0.15, 0.2) is 64.2 Å². The van der Waals surface area contributed by atoms with E-state index in [0.717, 1.165) is 0 Å². The van der Waals surface area contributed by atoms with Crippen LogP contribution in [0.3, 0.4) is 0 Å². The molecule has 2 N–H and O–H groups in total. The number of nitrogens with one attached hydrogen (secondary N) is 2. The first-order chi connectivity index (χ1) is 19.3. The summed E-state index contributed by atoms with van der Waals surface area (Å²) >= 11 is 3.30. The van der Waals surface area contributed by atoms with Crippen molar-refractivity contribution in [2.45, 2.75) is 6.92 Å². The van der Waals surface area contributed by atoms with E-state index in [1.807, 2.05) is 0 Å². The predicted octanol–water partition coefficient (Wildman–Crippen LogP) is 3.97. The zero-order valence-corrected chi connectivity index (χ0v) is 23.9. The maximum atomic E-state index is 12.9. The molecule has 11 nitrogen and oxygen atoms in total. The van der Waals surface area contributed by atoms with Gasteiger partial charge in [-0.2, -0.15) is 5.10 Å². The molecule has 0 heterocycles. The number of carbonyl (C=O) groups is 3. The summed E-state index contributed by atoms with van der Waals surface area (Å²) in [5.74, 6) is -0.157. The average Bonchev–Trinajstić information content (AvgIpc) is 2.96. The van der Waals surface area contributed by atoms with Crippen molar-refractivity contribution in [3.8, 4) is 28.7 Å². The van der Waals surface area contributed by atoms with Crippen molar-refractivity contribution in [3.05, 3.63) is 75.8 Å². The van der Waals surface area contributed by atoms with E-state index in [0.29, 0.717) is 45.2 Å². The van der Waals surface area contributed by atoms with Crippen molar-refractivity contribution in [3.63, 3.8) is 0 Å². The maximum absolute atomic E-state index is 12.9. The van der Waals surface area contributed by atoms with E-state index < -0.39 is 17.8 Å². The Hall–Kier alpha value is -4.58. The fourth-order valence-electron chi connectivity index (χ4n) is 3.43. The third kappa shape index (κ3) is 7.73. The molecule has 210 valence electrons. The largest absolute Gasteiger partial charge is 0.493 e. The van der Waals surface area contributed by atoms with Gasteiger partial charge in [-0.05, 0) is 70.9 Å². The number of carbonyl (C=O) groups excluding carboxylic acids is 3. The standard InChI is InChI=1S/C28H28BrN3O8/c1-5-39-22-12-17(15-31-32-25(33)16-30-27(34)19-8-6-7-9-20(19)29)10-11-21(22)40-28(35)18-13-23(36-2)26(38-4)24(14-18)37-3/h6-15H,5,16H2,1-4H3,(H,30,34)(H,32,33). The molecule has 3 aromatic carbocycles. The molecular formula is C28H28BrN3O8. The quantitative estimate of drug-likeness (QED) is 0.136. The Labute approximate surface area is 239 Å². The number of hydrogen-bond acceptors (Lipinski definition) is 9. The molecule has 40 heavy (non-hydrogen) atoms. The smallest absolute Gasteiger partial charge is 0.343 e. The minimum absolute atomic E-state index is 0.177. The van der Waals surface area contributed by atoms with Crippen LogP contribution in [0, 0.1) is 0 Å². The van der Waals surface area contributed by atoms with Gasteiger partial charge < -0.3 is 29.0 Å².